The van der Waals surface area contributed by atoms with E-state index in [2.05, 4.69) is 10.6 Å². The topological polar surface area (TPSA) is 58.2 Å². The summed E-state index contributed by atoms with van der Waals surface area (Å²) in [5.41, 5.74) is 0.605. The minimum absolute atomic E-state index is 0.0501. The van der Waals surface area contributed by atoms with Gasteiger partial charge in [0.05, 0.1) is 0 Å². The molecule has 0 unspecified atom stereocenters. The van der Waals surface area contributed by atoms with E-state index in [1.807, 2.05) is 39.0 Å². The summed E-state index contributed by atoms with van der Waals surface area (Å²) in [7, 11) is 0. The van der Waals surface area contributed by atoms with Crippen LogP contribution in [0.15, 0.2) is 30.3 Å². The van der Waals surface area contributed by atoms with Gasteiger partial charge in [-0.1, -0.05) is 18.2 Å². The van der Waals surface area contributed by atoms with Gasteiger partial charge in [-0.2, -0.15) is 0 Å². The van der Waals surface area contributed by atoms with Crippen molar-refractivity contribution in [2.45, 2.75) is 39.3 Å². The third kappa shape index (κ3) is 4.99. The monoisotopic (exact) mass is 248 g/mol. The van der Waals surface area contributed by atoms with E-state index in [1.54, 1.807) is 12.1 Å². The summed E-state index contributed by atoms with van der Waals surface area (Å²) in [4.78, 5) is 23.3. The largest absolute Gasteiger partial charge is 0.354 e. The van der Waals surface area contributed by atoms with Gasteiger partial charge in [-0.3, -0.25) is 9.59 Å². The van der Waals surface area contributed by atoms with Crippen molar-refractivity contribution in [2.24, 2.45) is 0 Å². The van der Waals surface area contributed by atoms with Crippen LogP contribution >= 0.6 is 0 Å². The summed E-state index contributed by atoms with van der Waals surface area (Å²) in [6, 6.07) is 8.91. The predicted molar refractivity (Wildman–Crippen MR) is 71.3 cm³/mol. The summed E-state index contributed by atoms with van der Waals surface area (Å²) in [5.74, 6) is -0.202. The number of hydrogen-bond donors (Lipinski definition) is 2. The van der Waals surface area contributed by atoms with Gasteiger partial charge in [-0.25, -0.2) is 0 Å². The molecule has 0 aliphatic carbocycles. The van der Waals surface area contributed by atoms with E-state index < -0.39 is 0 Å². The van der Waals surface area contributed by atoms with Crippen LogP contribution in [0.25, 0.3) is 0 Å². The molecule has 0 aliphatic rings. The average Bonchev–Trinajstić information content (AvgIpc) is 2.28. The van der Waals surface area contributed by atoms with Crippen LogP contribution in [-0.4, -0.2) is 23.9 Å². The van der Waals surface area contributed by atoms with E-state index in [9.17, 15) is 9.59 Å². The van der Waals surface area contributed by atoms with Gasteiger partial charge >= 0.3 is 0 Å². The Morgan fingerprint density at radius 1 is 1.06 bits per heavy atom. The van der Waals surface area contributed by atoms with E-state index in [0.29, 0.717) is 5.56 Å². The summed E-state index contributed by atoms with van der Waals surface area (Å²) in [6.07, 6.45) is 0.288. The number of amides is 2. The molecule has 18 heavy (non-hydrogen) atoms. The molecule has 98 valence electrons. The van der Waals surface area contributed by atoms with E-state index >= 15 is 0 Å². The van der Waals surface area contributed by atoms with Gasteiger partial charge in [0.25, 0.3) is 5.91 Å². The fourth-order valence-corrected chi connectivity index (χ4v) is 1.61. The molecule has 0 spiro atoms. The Kier molecular flexibility index (Phi) is 5.36. The van der Waals surface area contributed by atoms with E-state index in [0.717, 1.165) is 0 Å². The molecule has 0 heterocycles. The summed E-state index contributed by atoms with van der Waals surface area (Å²) in [5, 5.41) is 5.60. The Labute approximate surface area is 108 Å². The second-order valence-corrected chi connectivity index (χ2v) is 4.67. The minimum Gasteiger partial charge on any atom is -0.354 e. The maximum atomic E-state index is 11.8. The molecule has 4 heteroatoms. The molecule has 0 saturated heterocycles. The molecule has 2 amide bonds. The molecule has 0 aromatic heterocycles. The van der Waals surface area contributed by atoms with Crippen LogP contribution in [0, 0.1) is 0 Å². The Morgan fingerprint density at radius 2 is 1.67 bits per heavy atom. The van der Waals surface area contributed by atoms with Crippen molar-refractivity contribution >= 4 is 11.8 Å². The van der Waals surface area contributed by atoms with Crippen molar-refractivity contribution in [3.05, 3.63) is 35.9 Å². The van der Waals surface area contributed by atoms with Gasteiger partial charge in [-0.15, -0.1) is 0 Å². The lowest BCUT2D eigenvalue weighted by Crippen LogP contribution is -2.39. The number of rotatable bonds is 5. The second-order valence-electron chi connectivity index (χ2n) is 4.67. The Morgan fingerprint density at radius 3 is 2.22 bits per heavy atom. The molecule has 1 rings (SSSR count). The van der Waals surface area contributed by atoms with Crippen molar-refractivity contribution in [1.29, 1.82) is 0 Å². The number of benzene rings is 1. The van der Waals surface area contributed by atoms with Crippen LogP contribution in [0.5, 0.6) is 0 Å². The van der Waals surface area contributed by atoms with E-state index in [1.165, 1.54) is 0 Å². The highest BCUT2D eigenvalue weighted by molar-refractivity contribution is 5.94. The SMILES string of the molecule is CC(C)NC(=O)C[C@@H](C)NC(=O)c1ccccc1. The smallest absolute Gasteiger partial charge is 0.251 e. The molecule has 0 bridgehead atoms. The maximum absolute atomic E-state index is 11.8. The van der Waals surface area contributed by atoms with Crippen molar-refractivity contribution in [3.63, 3.8) is 0 Å². The Bertz CT molecular complexity index is 402. The molecule has 1 atom stereocenters. The van der Waals surface area contributed by atoms with Gasteiger partial charge in [0.1, 0.15) is 0 Å². The van der Waals surface area contributed by atoms with Crippen molar-refractivity contribution in [3.8, 4) is 0 Å². The zero-order chi connectivity index (χ0) is 13.5. The Balaban J connectivity index is 2.43. The zero-order valence-corrected chi connectivity index (χ0v) is 11.1. The predicted octanol–water partition coefficient (Wildman–Crippen LogP) is 1.72. The van der Waals surface area contributed by atoms with Gasteiger partial charge < -0.3 is 10.6 Å². The Hall–Kier alpha value is -1.84. The van der Waals surface area contributed by atoms with Gasteiger partial charge in [-0.05, 0) is 32.9 Å². The molecule has 1 aromatic carbocycles. The number of hydrogen-bond acceptors (Lipinski definition) is 2. The highest BCUT2D eigenvalue weighted by Crippen LogP contribution is 2.00. The number of carbonyl (C=O) groups excluding carboxylic acids is 2. The van der Waals surface area contributed by atoms with E-state index in [4.69, 9.17) is 0 Å². The van der Waals surface area contributed by atoms with Crippen LogP contribution in [0.2, 0.25) is 0 Å². The number of nitrogens with one attached hydrogen (secondary N) is 2. The highest BCUT2D eigenvalue weighted by Gasteiger charge is 2.13. The molecule has 0 saturated carbocycles. The summed E-state index contributed by atoms with van der Waals surface area (Å²) >= 11 is 0. The zero-order valence-electron chi connectivity index (χ0n) is 11.1. The highest BCUT2D eigenvalue weighted by atomic mass is 16.2. The summed E-state index contributed by atoms with van der Waals surface area (Å²) in [6.45, 7) is 5.64. The summed E-state index contributed by atoms with van der Waals surface area (Å²) < 4.78 is 0. The maximum Gasteiger partial charge on any atom is 0.251 e. The first-order valence-corrected chi connectivity index (χ1v) is 6.14. The van der Waals surface area contributed by atoms with Crippen LogP contribution in [-0.2, 0) is 4.79 Å². The van der Waals surface area contributed by atoms with Crippen LogP contribution in [0.3, 0.4) is 0 Å². The molecule has 0 aliphatic heterocycles. The number of carbonyl (C=O) groups is 2. The van der Waals surface area contributed by atoms with Gasteiger partial charge in [0, 0.05) is 24.1 Å². The lowest BCUT2D eigenvalue weighted by atomic mass is 10.1. The fraction of sp³-hybridized carbons (Fsp3) is 0.429. The second kappa shape index (κ2) is 6.79. The molecule has 1 aromatic rings. The van der Waals surface area contributed by atoms with Crippen LogP contribution < -0.4 is 10.6 Å². The van der Waals surface area contributed by atoms with Crippen LogP contribution in [0.1, 0.15) is 37.6 Å². The van der Waals surface area contributed by atoms with Crippen molar-refractivity contribution < 1.29 is 9.59 Å². The minimum atomic E-state index is -0.184. The first kappa shape index (κ1) is 14.2. The third-order valence-corrected chi connectivity index (χ3v) is 2.35. The lowest BCUT2D eigenvalue weighted by molar-refractivity contribution is -0.121. The fourth-order valence-electron chi connectivity index (χ4n) is 1.61. The molecule has 0 fully saturated rings. The van der Waals surface area contributed by atoms with Crippen LogP contribution in [0.4, 0.5) is 0 Å². The quantitative estimate of drug-likeness (QED) is 0.833. The van der Waals surface area contributed by atoms with Gasteiger partial charge in [0.2, 0.25) is 5.91 Å². The molecule has 2 N–H and O–H groups in total. The van der Waals surface area contributed by atoms with E-state index in [-0.39, 0.29) is 30.3 Å². The first-order chi connectivity index (χ1) is 8.49. The molecular weight excluding hydrogens is 228 g/mol. The van der Waals surface area contributed by atoms with Gasteiger partial charge in [0.15, 0.2) is 0 Å². The molecule has 4 nitrogen and oxygen atoms in total. The first-order valence-electron chi connectivity index (χ1n) is 6.14. The van der Waals surface area contributed by atoms with Crippen molar-refractivity contribution in [1.82, 2.24) is 10.6 Å². The average molecular weight is 248 g/mol. The molecule has 0 radical (unpaired) electrons. The normalized spacial score (nSPS) is 12.0. The standard InChI is InChI=1S/C14H20N2O2/c1-10(2)15-13(17)9-11(3)16-14(18)12-7-5-4-6-8-12/h4-8,10-11H,9H2,1-3H3,(H,15,17)(H,16,18)/t11-/m1/s1. The lowest BCUT2D eigenvalue weighted by Gasteiger charge is -2.15. The molecular formula is C14H20N2O2. The third-order valence-electron chi connectivity index (χ3n) is 2.35. The van der Waals surface area contributed by atoms with Crippen molar-refractivity contribution in [2.75, 3.05) is 0 Å².